The summed E-state index contributed by atoms with van der Waals surface area (Å²) in [5.74, 6) is -0.840. The minimum Gasteiger partial charge on any atom is -0.331 e. The van der Waals surface area contributed by atoms with Crippen LogP contribution in [0, 0.1) is 12.7 Å². The number of imide groups is 1. The molecule has 0 radical (unpaired) electrons. The standard InChI is InChI=1S/C19H19FN4O2S/c1-3-19(13-7-5-4-6-8-13)16(25)24(18(26)22-19)23-17(27)21-14-10-9-12(2)15(20)11-14/h4-11H,3H2,1-2H3,(H,22,26)(H2,21,23,27)/t19-/m0/s1. The van der Waals surface area contributed by atoms with E-state index in [1.165, 1.54) is 6.07 Å². The molecule has 0 saturated carbocycles. The molecule has 1 fully saturated rings. The van der Waals surface area contributed by atoms with Crippen molar-refractivity contribution in [1.29, 1.82) is 0 Å². The second kappa shape index (κ2) is 7.32. The second-order valence-electron chi connectivity index (χ2n) is 6.23. The number of rotatable bonds is 4. The lowest BCUT2D eigenvalue weighted by Crippen LogP contribution is -2.49. The molecule has 0 unspecified atom stereocenters. The molecule has 0 spiro atoms. The number of hydrogen-bond acceptors (Lipinski definition) is 3. The summed E-state index contributed by atoms with van der Waals surface area (Å²) < 4.78 is 13.7. The normalized spacial score (nSPS) is 19.0. The van der Waals surface area contributed by atoms with E-state index >= 15 is 0 Å². The summed E-state index contributed by atoms with van der Waals surface area (Å²) in [6.45, 7) is 3.47. The highest BCUT2D eigenvalue weighted by Gasteiger charge is 2.51. The van der Waals surface area contributed by atoms with Crippen LogP contribution in [-0.4, -0.2) is 22.1 Å². The average molecular weight is 386 g/mol. The van der Waals surface area contributed by atoms with E-state index in [0.717, 1.165) is 5.01 Å². The monoisotopic (exact) mass is 386 g/mol. The predicted octanol–water partition coefficient (Wildman–Crippen LogP) is 3.19. The maximum atomic E-state index is 13.7. The van der Waals surface area contributed by atoms with Gasteiger partial charge in [-0.25, -0.2) is 9.18 Å². The van der Waals surface area contributed by atoms with Crippen LogP contribution in [0.5, 0.6) is 0 Å². The minimum atomic E-state index is -1.16. The summed E-state index contributed by atoms with van der Waals surface area (Å²) in [5, 5.41) is 6.36. The molecule has 3 N–H and O–H groups in total. The van der Waals surface area contributed by atoms with E-state index in [4.69, 9.17) is 12.2 Å². The van der Waals surface area contributed by atoms with E-state index in [2.05, 4.69) is 16.1 Å². The van der Waals surface area contributed by atoms with Crippen molar-refractivity contribution in [2.75, 3.05) is 5.32 Å². The van der Waals surface area contributed by atoms with Crippen molar-refractivity contribution < 1.29 is 14.0 Å². The molecule has 3 rings (SSSR count). The molecule has 1 heterocycles. The zero-order valence-corrected chi connectivity index (χ0v) is 15.7. The molecule has 1 aliphatic heterocycles. The summed E-state index contributed by atoms with van der Waals surface area (Å²) in [6, 6.07) is 13.0. The number of anilines is 1. The van der Waals surface area contributed by atoms with Gasteiger partial charge in [0, 0.05) is 5.69 Å². The summed E-state index contributed by atoms with van der Waals surface area (Å²) in [4.78, 5) is 25.4. The number of hydrazine groups is 1. The molecule has 8 heteroatoms. The molecule has 2 aromatic carbocycles. The first-order valence-electron chi connectivity index (χ1n) is 8.43. The molecule has 6 nitrogen and oxygen atoms in total. The molecule has 0 aliphatic carbocycles. The molecule has 27 heavy (non-hydrogen) atoms. The molecule has 1 saturated heterocycles. The van der Waals surface area contributed by atoms with Crippen molar-refractivity contribution in [3.8, 4) is 0 Å². The van der Waals surface area contributed by atoms with Gasteiger partial charge in [0.1, 0.15) is 11.4 Å². The van der Waals surface area contributed by atoms with Gasteiger partial charge in [-0.1, -0.05) is 43.3 Å². The number of urea groups is 1. The Labute approximate surface area is 161 Å². The largest absolute Gasteiger partial charge is 0.344 e. The number of halogens is 1. The maximum Gasteiger partial charge on any atom is 0.344 e. The van der Waals surface area contributed by atoms with Crippen molar-refractivity contribution in [2.24, 2.45) is 0 Å². The Hall–Kier alpha value is -3.00. The summed E-state index contributed by atoms with van der Waals surface area (Å²) in [5.41, 5.74) is 3.04. The van der Waals surface area contributed by atoms with Crippen LogP contribution in [-0.2, 0) is 10.3 Å². The van der Waals surface area contributed by atoms with Gasteiger partial charge in [0.15, 0.2) is 5.11 Å². The lowest BCUT2D eigenvalue weighted by molar-refractivity contribution is -0.133. The first kappa shape index (κ1) is 18.8. The van der Waals surface area contributed by atoms with Gasteiger partial charge in [0.25, 0.3) is 5.91 Å². The number of amides is 3. The first-order chi connectivity index (χ1) is 12.9. The van der Waals surface area contributed by atoms with E-state index in [0.29, 0.717) is 23.2 Å². The third kappa shape index (κ3) is 3.48. The highest BCUT2D eigenvalue weighted by molar-refractivity contribution is 7.80. The summed E-state index contributed by atoms with van der Waals surface area (Å²) in [6.07, 6.45) is 0.378. The molecule has 1 atom stereocenters. The highest BCUT2D eigenvalue weighted by atomic mass is 32.1. The van der Waals surface area contributed by atoms with Crippen molar-refractivity contribution in [2.45, 2.75) is 25.8 Å². The van der Waals surface area contributed by atoms with Gasteiger partial charge in [0.2, 0.25) is 0 Å². The third-order valence-corrected chi connectivity index (χ3v) is 4.72. The van der Waals surface area contributed by atoms with Crippen LogP contribution in [0.3, 0.4) is 0 Å². The maximum absolute atomic E-state index is 13.7. The number of carbonyl (C=O) groups excluding carboxylic acids is 2. The lowest BCUT2D eigenvalue weighted by Gasteiger charge is -2.25. The van der Waals surface area contributed by atoms with Crippen molar-refractivity contribution in [1.82, 2.24) is 15.8 Å². The van der Waals surface area contributed by atoms with Crippen molar-refractivity contribution >= 4 is 35.0 Å². The Morgan fingerprint density at radius 2 is 1.93 bits per heavy atom. The third-order valence-electron chi connectivity index (χ3n) is 4.53. The second-order valence-corrected chi connectivity index (χ2v) is 6.63. The molecular formula is C19H19FN4O2S. The van der Waals surface area contributed by atoms with E-state index in [-0.39, 0.29) is 10.9 Å². The SMILES string of the molecule is CC[C@@]1(c2ccccc2)NC(=O)N(NC(=S)Nc2ccc(C)c(F)c2)C1=O. The number of hydrogen-bond donors (Lipinski definition) is 3. The number of nitrogens with zero attached hydrogens (tertiary/aromatic N) is 1. The van der Waals surface area contributed by atoms with E-state index in [9.17, 15) is 14.0 Å². The quantitative estimate of drug-likeness (QED) is 0.556. The number of benzene rings is 2. The van der Waals surface area contributed by atoms with Crippen LogP contribution in [0.2, 0.25) is 0 Å². The van der Waals surface area contributed by atoms with Crippen LogP contribution in [0.1, 0.15) is 24.5 Å². The highest BCUT2D eigenvalue weighted by Crippen LogP contribution is 2.31. The van der Waals surface area contributed by atoms with Crippen LogP contribution in [0.25, 0.3) is 0 Å². The van der Waals surface area contributed by atoms with E-state index in [1.54, 1.807) is 43.3 Å². The lowest BCUT2D eigenvalue weighted by atomic mass is 9.87. The zero-order valence-electron chi connectivity index (χ0n) is 14.9. The Balaban J connectivity index is 1.77. The van der Waals surface area contributed by atoms with Gasteiger partial charge in [-0.2, -0.15) is 5.01 Å². The van der Waals surface area contributed by atoms with Gasteiger partial charge < -0.3 is 10.6 Å². The van der Waals surface area contributed by atoms with Crippen molar-refractivity contribution in [3.05, 3.63) is 65.5 Å². The van der Waals surface area contributed by atoms with Gasteiger partial charge >= 0.3 is 6.03 Å². The Morgan fingerprint density at radius 1 is 1.22 bits per heavy atom. The van der Waals surface area contributed by atoms with Crippen LogP contribution >= 0.6 is 12.2 Å². The van der Waals surface area contributed by atoms with Crippen LogP contribution in [0.4, 0.5) is 14.9 Å². The topological polar surface area (TPSA) is 73.5 Å². The number of nitrogens with one attached hydrogen (secondary N) is 3. The Morgan fingerprint density at radius 3 is 2.56 bits per heavy atom. The predicted molar refractivity (Wildman–Crippen MR) is 104 cm³/mol. The van der Waals surface area contributed by atoms with Gasteiger partial charge in [-0.15, -0.1) is 0 Å². The minimum absolute atomic E-state index is 0.00159. The first-order valence-corrected chi connectivity index (χ1v) is 8.84. The van der Waals surface area contributed by atoms with Gasteiger partial charge in [-0.05, 0) is 48.8 Å². The average Bonchev–Trinajstić information content (AvgIpc) is 2.90. The summed E-state index contributed by atoms with van der Waals surface area (Å²) >= 11 is 5.16. The fourth-order valence-corrected chi connectivity index (χ4v) is 3.18. The Bertz CT molecular complexity index is 906. The summed E-state index contributed by atoms with van der Waals surface area (Å²) in [7, 11) is 0. The Kier molecular flexibility index (Phi) is 5.09. The fraction of sp³-hybridized carbons (Fsp3) is 0.211. The van der Waals surface area contributed by atoms with Gasteiger partial charge in [-0.3, -0.25) is 10.2 Å². The van der Waals surface area contributed by atoms with Crippen LogP contribution in [0.15, 0.2) is 48.5 Å². The molecule has 2 aromatic rings. The number of aryl methyl sites for hydroxylation is 1. The fourth-order valence-electron chi connectivity index (χ4n) is 2.97. The molecule has 140 valence electrons. The molecule has 0 aromatic heterocycles. The molecule has 1 aliphatic rings. The van der Waals surface area contributed by atoms with Gasteiger partial charge in [0.05, 0.1) is 0 Å². The van der Waals surface area contributed by atoms with Crippen LogP contribution < -0.4 is 16.1 Å². The molecular weight excluding hydrogens is 367 g/mol. The van der Waals surface area contributed by atoms with E-state index < -0.39 is 17.5 Å². The molecule has 3 amide bonds. The van der Waals surface area contributed by atoms with E-state index in [1.807, 2.05) is 13.0 Å². The van der Waals surface area contributed by atoms with Crippen molar-refractivity contribution in [3.63, 3.8) is 0 Å². The zero-order chi connectivity index (χ0) is 19.6. The molecule has 0 bridgehead atoms. The smallest absolute Gasteiger partial charge is 0.331 e. The number of thiocarbonyl (C=S) groups is 1. The number of carbonyl (C=O) groups is 2.